The number of hydrogen-bond donors (Lipinski definition) is 0. The first-order valence-corrected chi connectivity index (χ1v) is 9.47. The Hall–Kier alpha value is -2.30. The summed E-state index contributed by atoms with van der Waals surface area (Å²) in [5, 5.41) is 3.40. The highest BCUT2D eigenvalue weighted by molar-refractivity contribution is 7.88. The van der Waals surface area contributed by atoms with Gasteiger partial charge in [-0.2, -0.15) is 8.99 Å². The molecule has 0 radical (unpaired) electrons. The van der Waals surface area contributed by atoms with Crippen LogP contribution < -0.4 is 0 Å². The van der Waals surface area contributed by atoms with Gasteiger partial charge in [0.05, 0.1) is 13.2 Å². The minimum absolute atomic E-state index is 0.147. The molecule has 0 atom stereocenters. The largest absolute Gasteiger partial charge is 0.376 e. The quantitative estimate of drug-likeness (QED) is 0.396. The van der Waals surface area contributed by atoms with Gasteiger partial charge < -0.3 is 9.64 Å². The number of sulfonamides is 1. The van der Waals surface area contributed by atoms with Crippen molar-refractivity contribution in [2.45, 2.75) is 12.1 Å². The van der Waals surface area contributed by atoms with Crippen LogP contribution in [0.15, 0.2) is 49.4 Å². The Labute approximate surface area is 154 Å². The lowest BCUT2D eigenvalue weighted by Crippen LogP contribution is -2.36. The second kappa shape index (κ2) is 10.6. The van der Waals surface area contributed by atoms with E-state index in [1.807, 2.05) is 0 Å². The van der Waals surface area contributed by atoms with Gasteiger partial charge in [0, 0.05) is 26.2 Å². The smallest absolute Gasteiger partial charge is 0.346 e. The lowest BCUT2D eigenvalue weighted by Gasteiger charge is -2.19. The fourth-order valence-electron chi connectivity index (χ4n) is 2.04. The number of rotatable bonds is 12. The van der Waals surface area contributed by atoms with Crippen LogP contribution in [0, 0.1) is 0 Å². The number of ether oxygens (including phenoxy) is 1. The normalized spacial score (nSPS) is 11.3. The van der Waals surface area contributed by atoms with Crippen LogP contribution in [-0.2, 0) is 14.8 Å². The highest BCUT2D eigenvalue weighted by Crippen LogP contribution is 2.10. The Balaban J connectivity index is 2.94. The second-order valence-corrected chi connectivity index (χ2v) is 6.93. The van der Waals surface area contributed by atoms with Gasteiger partial charge in [0.25, 0.3) is 15.2 Å². The van der Waals surface area contributed by atoms with Gasteiger partial charge in [0.2, 0.25) is 0 Å². The van der Waals surface area contributed by atoms with Gasteiger partial charge in [-0.3, -0.25) is 0 Å². The van der Waals surface area contributed by atoms with Crippen LogP contribution in [0.3, 0.4) is 0 Å². The fourth-order valence-corrected chi connectivity index (χ4v) is 3.30. The zero-order valence-corrected chi connectivity index (χ0v) is 15.8. The maximum atomic E-state index is 12.6. The molecule has 10 heteroatoms. The summed E-state index contributed by atoms with van der Waals surface area (Å²) in [6, 6.07) is -0.517. The van der Waals surface area contributed by atoms with E-state index in [1.54, 1.807) is 25.2 Å². The van der Waals surface area contributed by atoms with Crippen molar-refractivity contribution in [3.8, 4) is 0 Å². The van der Waals surface area contributed by atoms with Crippen molar-refractivity contribution in [3.05, 3.63) is 44.3 Å². The van der Waals surface area contributed by atoms with Crippen molar-refractivity contribution in [1.29, 1.82) is 0 Å². The molecule has 144 valence electrons. The molecule has 1 heterocycles. The van der Waals surface area contributed by atoms with Crippen LogP contribution in [0.1, 0.15) is 6.92 Å². The van der Waals surface area contributed by atoms with Gasteiger partial charge >= 0.3 is 6.03 Å². The van der Waals surface area contributed by atoms with Crippen molar-refractivity contribution in [1.82, 2.24) is 24.0 Å². The van der Waals surface area contributed by atoms with E-state index in [2.05, 4.69) is 29.8 Å². The van der Waals surface area contributed by atoms with Crippen LogP contribution in [0.4, 0.5) is 4.79 Å². The Morgan fingerprint density at radius 2 is 1.92 bits per heavy atom. The zero-order chi connectivity index (χ0) is 19.6. The Morgan fingerprint density at radius 1 is 1.27 bits per heavy atom. The zero-order valence-electron chi connectivity index (χ0n) is 15.0. The fraction of sp³-hybridized carbons (Fsp3) is 0.438. The molecule has 0 aliphatic carbocycles. The van der Waals surface area contributed by atoms with E-state index in [1.165, 1.54) is 9.21 Å². The maximum absolute atomic E-state index is 12.6. The van der Waals surface area contributed by atoms with Crippen LogP contribution in [0.2, 0.25) is 0 Å². The number of aromatic nitrogens is 3. The molecule has 9 nitrogen and oxygen atoms in total. The number of nitrogens with zero attached hydrogens (tertiary/aromatic N) is 5. The first-order chi connectivity index (χ1) is 12.4. The van der Waals surface area contributed by atoms with E-state index in [0.717, 1.165) is 11.0 Å². The summed E-state index contributed by atoms with van der Waals surface area (Å²) in [4.78, 5) is 17.6. The molecule has 0 N–H and O–H groups in total. The SMILES string of the molecule is C=CCOCCN(CC)S(=O)(=O)c1ncn(C(=O)N(CC=C)CC=C)n1. The first kappa shape index (κ1) is 21.7. The molecule has 0 saturated heterocycles. The van der Waals surface area contributed by atoms with Crippen LogP contribution >= 0.6 is 0 Å². The Bertz CT molecular complexity index is 719. The number of amides is 1. The molecule has 0 fully saturated rings. The lowest BCUT2D eigenvalue weighted by molar-refractivity contribution is 0.148. The van der Waals surface area contributed by atoms with Crippen LogP contribution in [0.5, 0.6) is 0 Å². The molecule has 1 rings (SSSR count). The van der Waals surface area contributed by atoms with E-state index in [9.17, 15) is 13.2 Å². The van der Waals surface area contributed by atoms with Crippen molar-refractivity contribution in [2.75, 3.05) is 39.4 Å². The van der Waals surface area contributed by atoms with Crippen molar-refractivity contribution in [2.24, 2.45) is 0 Å². The molecular formula is C16H25N5O4S. The highest BCUT2D eigenvalue weighted by Gasteiger charge is 2.28. The predicted octanol–water partition coefficient (Wildman–Crippen LogP) is 1.13. The number of carbonyl (C=O) groups is 1. The Morgan fingerprint density at radius 3 is 2.46 bits per heavy atom. The number of hydrogen-bond acceptors (Lipinski definition) is 6. The minimum atomic E-state index is -3.93. The third-order valence-corrected chi connectivity index (χ3v) is 5.05. The summed E-state index contributed by atoms with van der Waals surface area (Å²) >= 11 is 0. The summed E-state index contributed by atoms with van der Waals surface area (Å²) in [6.07, 6.45) is 5.77. The maximum Gasteiger partial charge on any atom is 0.346 e. The van der Waals surface area contributed by atoms with Crippen LogP contribution in [-0.4, -0.2) is 77.8 Å². The Kier molecular flexibility index (Phi) is 8.90. The highest BCUT2D eigenvalue weighted by atomic mass is 32.2. The molecule has 0 spiro atoms. The molecule has 0 aromatic carbocycles. The second-order valence-electron chi connectivity index (χ2n) is 5.10. The van der Waals surface area contributed by atoms with E-state index >= 15 is 0 Å². The topological polar surface area (TPSA) is 97.6 Å². The molecule has 0 saturated carbocycles. The molecule has 0 aliphatic rings. The molecule has 0 aliphatic heterocycles. The van der Waals surface area contributed by atoms with Gasteiger partial charge in [-0.05, 0) is 0 Å². The molecule has 0 bridgehead atoms. The average molecular weight is 383 g/mol. The summed E-state index contributed by atoms with van der Waals surface area (Å²) in [6.45, 7) is 13.9. The van der Waals surface area contributed by atoms with Gasteiger partial charge in [0.1, 0.15) is 6.33 Å². The van der Waals surface area contributed by atoms with Gasteiger partial charge in [0.15, 0.2) is 0 Å². The monoisotopic (exact) mass is 383 g/mol. The molecule has 1 amide bonds. The van der Waals surface area contributed by atoms with Gasteiger partial charge in [-0.25, -0.2) is 18.2 Å². The van der Waals surface area contributed by atoms with Gasteiger partial charge in [-0.15, -0.1) is 24.8 Å². The minimum Gasteiger partial charge on any atom is -0.376 e. The predicted molar refractivity (Wildman–Crippen MR) is 98.2 cm³/mol. The summed E-state index contributed by atoms with van der Waals surface area (Å²) in [5.74, 6) is 0. The summed E-state index contributed by atoms with van der Waals surface area (Å²) < 4.78 is 32.6. The van der Waals surface area contributed by atoms with E-state index in [0.29, 0.717) is 6.61 Å². The lowest BCUT2D eigenvalue weighted by atomic mass is 10.5. The number of likely N-dealkylation sites (N-methyl/N-ethyl adjacent to an activating group) is 1. The summed E-state index contributed by atoms with van der Waals surface area (Å²) in [7, 11) is -3.93. The van der Waals surface area contributed by atoms with E-state index in [-0.39, 0.29) is 32.8 Å². The van der Waals surface area contributed by atoms with E-state index in [4.69, 9.17) is 4.74 Å². The molecule has 0 unspecified atom stereocenters. The standard InChI is InChI=1S/C16H25N5O4S/c1-5-9-19(10-6-2)16(22)21-14-17-15(18-21)26(23,24)20(8-4)11-13-25-12-7-3/h5-7,14H,1-3,8-13H2,4H3. The third-order valence-electron chi connectivity index (χ3n) is 3.28. The molecule has 1 aromatic heterocycles. The summed E-state index contributed by atoms with van der Waals surface area (Å²) in [5.41, 5.74) is 0. The molecule has 26 heavy (non-hydrogen) atoms. The molecule has 1 aromatic rings. The van der Waals surface area contributed by atoms with Gasteiger partial charge in [-0.1, -0.05) is 25.2 Å². The van der Waals surface area contributed by atoms with Crippen molar-refractivity contribution in [3.63, 3.8) is 0 Å². The molecular weight excluding hydrogens is 358 g/mol. The van der Waals surface area contributed by atoms with Crippen molar-refractivity contribution < 1.29 is 17.9 Å². The van der Waals surface area contributed by atoms with Crippen molar-refractivity contribution >= 4 is 16.1 Å². The third kappa shape index (κ3) is 5.61. The first-order valence-electron chi connectivity index (χ1n) is 8.03. The average Bonchev–Trinajstić information content (AvgIpc) is 3.11. The van der Waals surface area contributed by atoms with E-state index < -0.39 is 21.2 Å². The van der Waals surface area contributed by atoms with Crippen LogP contribution in [0.25, 0.3) is 0 Å². The number of carbonyl (C=O) groups excluding carboxylic acids is 1.